The largest absolute Gasteiger partial charge is 0.294 e. The summed E-state index contributed by atoms with van der Waals surface area (Å²) in [6.07, 6.45) is 4.28. The van der Waals surface area contributed by atoms with Gasteiger partial charge in [0.1, 0.15) is 0 Å². The van der Waals surface area contributed by atoms with Gasteiger partial charge in [-0.25, -0.2) is 0 Å². The van der Waals surface area contributed by atoms with Gasteiger partial charge in [-0.15, -0.1) is 0 Å². The fourth-order valence-electron chi connectivity index (χ4n) is 1.31. The number of aromatic nitrogens is 1. The average Bonchev–Trinajstić information content (AvgIpc) is 2.29. The first-order valence-electron chi connectivity index (χ1n) is 4.47. The predicted molar refractivity (Wildman–Crippen MR) is 58.3 cm³/mol. The molecule has 0 spiro atoms. The molecule has 2 aromatic rings. The predicted octanol–water partition coefficient (Wildman–Crippen LogP) is 1.80. The van der Waals surface area contributed by atoms with E-state index in [2.05, 4.69) is 11.2 Å². The fraction of sp³-hybridized carbons (Fsp3) is 0. The maximum absolute atomic E-state index is 10.8. The summed E-state index contributed by atoms with van der Waals surface area (Å²) in [5.74, 6) is 0. The molecule has 1 N–H and O–H groups in total. The van der Waals surface area contributed by atoms with Gasteiger partial charge in [-0.2, -0.15) is 8.42 Å². The van der Waals surface area contributed by atoms with Crippen molar-refractivity contribution in [2.24, 2.45) is 0 Å². The van der Waals surface area contributed by atoms with Gasteiger partial charge in [0.2, 0.25) is 0 Å². The van der Waals surface area contributed by atoms with Gasteiger partial charge in [0.15, 0.2) is 0 Å². The second-order valence-corrected chi connectivity index (χ2v) is 4.60. The number of nitrogens with zero attached hydrogens (tertiary/aromatic N) is 1. The normalized spacial score (nSPS) is 11.3. The molecule has 0 unspecified atom stereocenters. The summed E-state index contributed by atoms with van der Waals surface area (Å²) in [6, 6.07) is 9.41. The van der Waals surface area contributed by atoms with Crippen LogP contribution in [0.1, 0.15) is 0 Å². The summed E-state index contributed by atoms with van der Waals surface area (Å²) >= 11 is 0. The molecule has 0 saturated heterocycles. The lowest BCUT2D eigenvalue weighted by atomic mass is 10.1. The van der Waals surface area contributed by atoms with Crippen LogP contribution < -0.4 is 0 Å². The first-order valence-corrected chi connectivity index (χ1v) is 5.91. The van der Waals surface area contributed by atoms with Crippen LogP contribution in [0.5, 0.6) is 0 Å². The topological polar surface area (TPSA) is 67.3 Å². The lowest BCUT2D eigenvalue weighted by Gasteiger charge is -2.01. The van der Waals surface area contributed by atoms with E-state index >= 15 is 0 Å². The Hall–Kier alpha value is -1.72. The van der Waals surface area contributed by atoms with Gasteiger partial charge in [0.25, 0.3) is 10.1 Å². The Morgan fingerprint density at radius 2 is 1.75 bits per heavy atom. The van der Waals surface area contributed by atoms with Crippen molar-refractivity contribution in [3.05, 3.63) is 48.8 Å². The highest BCUT2D eigenvalue weighted by atomic mass is 32.2. The Kier molecular flexibility index (Phi) is 2.72. The monoisotopic (exact) mass is 234 g/mol. The van der Waals surface area contributed by atoms with Crippen molar-refractivity contribution in [1.29, 1.82) is 0 Å². The third-order valence-corrected chi connectivity index (χ3v) is 2.97. The molecule has 1 aromatic heterocycles. The molecular weight excluding hydrogens is 226 g/mol. The maximum atomic E-state index is 10.8. The number of hydrogen-bond donors (Lipinski definition) is 1. The van der Waals surface area contributed by atoms with Gasteiger partial charge in [-0.3, -0.25) is 9.54 Å². The van der Waals surface area contributed by atoms with Gasteiger partial charge in [0.05, 0.1) is 11.1 Å². The van der Waals surface area contributed by atoms with E-state index in [0.29, 0.717) is 0 Å². The number of pyridine rings is 1. The Bertz CT molecular complexity index is 576. The van der Waals surface area contributed by atoms with Gasteiger partial charge < -0.3 is 0 Å². The molecule has 2 rings (SSSR count). The maximum Gasteiger partial charge on any atom is 0.294 e. The highest BCUT2D eigenvalue weighted by Crippen LogP contribution is 2.19. The van der Waals surface area contributed by atoms with Crippen LogP contribution in [0.2, 0.25) is 0 Å². The molecule has 1 aromatic carbocycles. The molecule has 0 aliphatic carbocycles. The lowest BCUT2D eigenvalue weighted by Crippen LogP contribution is -1.97. The molecule has 81 valence electrons. The number of rotatable bonds is 2. The highest BCUT2D eigenvalue weighted by molar-refractivity contribution is 7.85. The van der Waals surface area contributed by atoms with Crippen LogP contribution in [0.4, 0.5) is 0 Å². The Morgan fingerprint density at radius 3 is 2.25 bits per heavy atom. The molecule has 16 heavy (non-hydrogen) atoms. The van der Waals surface area contributed by atoms with Gasteiger partial charge >= 0.3 is 0 Å². The highest BCUT2D eigenvalue weighted by Gasteiger charge is 2.08. The molecule has 0 aliphatic heterocycles. The molecule has 1 radical (unpaired) electrons. The minimum atomic E-state index is -4.12. The Morgan fingerprint density at radius 1 is 1.06 bits per heavy atom. The van der Waals surface area contributed by atoms with E-state index < -0.39 is 10.1 Å². The third-order valence-electron chi connectivity index (χ3n) is 2.10. The Labute approximate surface area is 93.3 Å². The second-order valence-electron chi connectivity index (χ2n) is 3.18. The van der Waals surface area contributed by atoms with Crippen LogP contribution in [-0.2, 0) is 10.1 Å². The van der Waals surface area contributed by atoms with Crippen LogP contribution in [0.25, 0.3) is 11.1 Å². The van der Waals surface area contributed by atoms with Gasteiger partial charge in [-0.05, 0) is 23.8 Å². The van der Waals surface area contributed by atoms with Crippen molar-refractivity contribution >= 4 is 10.1 Å². The third kappa shape index (κ3) is 2.26. The van der Waals surface area contributed by atoms with Crippen molar-refractivity contribution in [2.45, 2.75) is 4.90 Å². The van der Waals surface area contributed by atoms with Crippen molar-refractivity contribution in [2.75, 3.05) is 0 Å². The Balaban J connectivity index is 2.41. The molecule has 1 heterocycles. The summed E-state index contributed by atoms with van der Waals surface area (Å²) in [7, 11) is -4.12. The van der Waals surface area contributed by atoms with Gasteiger partial charge in [-0.1, -0.05) is 18.2 Å². The molecule has 0 bridgehead atoms. The SMILES string of the molecule is O=S(=O)(O)c1ccc(-c2cc[c]nc2)cc1. The van der Waals surface area contributed by atoms with E-state index in [1.807, 2.05) is 6.07 Å². The van der Waals surface area contributed by atoms with Crippen LogP contribution in [0, 0.1) is 6.20 Å². The molecule has 0 saturated carbocycles. The first-order chi connectivity index (χ1) is 7.57. The molecule has 0 fully saturated rings. The zero-order valence-electron chi connectivity index (χ0n) is 8.16. The second kappa shape index (κ2) is 4.03. The lowest BCUT2D eigenvalue weighted by molar-refractivity contribution is 0.483. The first kappa shape index (κ1) is 10.8. The number of hydrogen-bond acceptors (Lipinski definition) is 3. The van der Waals surface area contributed by atoms with Crippen LogP contribution in [0.3, 0.4) is 0 Å². The fourth-order valence-corrected chi connectivity index (χ4v) is 1.79. The zero-order chi connectivity index (χ0) is 11.6. The summed E-state index contributed by atoms with van der Waals surface area (Å²) < 4.78 is 30.4. The molecule has 0 atom stereocenters. The van der Waals surface area contributed by atoms with Crippen molar-refractivity contribution in [3.8, 4) is 11.1 Å². The smallest absolute Gasteiger partial charge is 0.282 e. The van der Waals surface area contributed by atoms with Crippen LogP contribution in [-0.4, -0.2) is 18.0 Å². The van der Waals surface area contributed by atoms with Crippen molar-refractivity contribution in [1.82, 2.24) is 4.98 Å². The van der Waals surface area contributed by atoms with E-state index in [0.717, 1.165) is 11.1 Å². The average molecular weight is 234 g/mol. The van der Waals surface area contributed by atoms with Crippen LogP contribution >= 0.6 is 0 Å². The molecule has 4 nitrogen and oxygen atoms in total. The molecule has 0 aliphatic rings. The van der Waals surface area contributed by atoms with E-state index in [1.165, 1.54) is 12.1 Å². The molecule has 0 amide bonds. The van der Waals surface area contributed by atoms with E-state index in [4.69, 9.17) is 4.55 Å². The summed E-state index contributed by atoms with van der Waals surface area (Å²) in [6.45, 7) is 0. The van der Waals surface area contributed by atoms with Gasteiger partial charge in [0, 0.05) is 11.8 Å². The molecule has 5 heteroatoms. The standard InChI is InChI=1S/C11H8NO3S/c13-16(14,15)11-5-3-9(4-6-11)10-2-1-7-12-8-10/h1-6,8H,(H,13,14,15). The van der Waals surface area contributed by atoms with Crippen molar-refractivity contribution < 1.29 is 13.0 Å². The minimum Gasteiger partial charge on any atom is -0.282 e. The summed E-state index contributed by atoms with van der Waals surface area (Å²) in [5.41, 5.74) is 1.69. The summed E-state index contributed by atoms with van der Waals surface area (Å²) in [5, 5.41) is 0. The summed E-state index contributed by atoms with van der Waals surface area (Å²) in [4.78, 5) is 3.72. The van der Waals surface area contributed by atoms with E-state index in [-0.39, 0.29) is 4.90 Å². The van der Waals surface area contributed by atoms with E-state index in [9.17, 15) is 8.42 Å². The van der Waals surface area contributed by atoms with E-state index in [1.54, 1.807) is 24.4 Å². The quantitative estimate of drug-likeness (QED) is 0.804. The number of benzene rings is 1. The molecular formula is C11H8NO3S. The zero-order valence-corrected chi connectivity index (χ0v) is 8.98. The van der Waals surface area contributed by atoms with Crippen LogP contribution in [0.15, 0.2) is 47.5 Å². The van der Waals surface area contributed by atoms with Crippen molar-refractivity contribution in [3.63, 3.8) is 0 Å². The minimum absolute atomic E-state index is 0.119.